The van der Waals surface area contributed by atoms with Crippen molar-refractivity contribution in [1.29, 1.82) is 0 Å². The lowest BCUT2D eigenvalue weighted by atomic mass is 10.2. The Labute approximate surface area is 64.9 Å². The fourth-order valence-electron chi connectivity index (χ4n) is 1.23. The van der Waals surface area contributed by atoms with E-state index >= 15 is 0 Å². The SMILES string of the molecule is CCc1occ2cnccc12. The van der Waals surface area contributed by atoms with Gasteiger partial charge in [0.2, 0.25) is 0 Å². The molecule has 0 N–H and O–H groups in total. The molecule has 2 aromatic heterocycles. The second-order valence-corrected chi connectivity index (χ2v) is 2.48. The first-order valence-corrected chi connectivity index (χ1v) is 3.72. The number of aromatic nitrogens is 1. The zero-order valence-corrected chi connectivity index (χ0v) is 6.37. The molecule has 2 heterocycles. The van der Waals surface area contributed by atoms with Crippen LogP contribution in [0.15, 0.2) is 29.1 Å². The Morgan fingerprint density at radius 2 is 2.45 bits per heavy atom. The van der Waals surface area contributed by atoms with Crippen molar-refractivity contribution in [2.24, 2.45) is 0 Å². The minimum Gasteiger partial charge on any atom is -0.468 e. The van der Waals surface area contributed by atoms with E-state index in [0.29, 0.717) is 0 Å². The minimum atomic E-state index is 0.938. The van der Waals surface area contributed by atoms with Gasteiger partial charge in [-0.1, -0.05) is 6.92 Å². The normalized spacial score (nSPS) is 10.6. The number of fused-ring (bicyclic) bond motifs is 1. The van der Waals surface area contributed by atoms with Crippen LogP contribution in [0.5, 0.6) is 0 Å². The quantitative estimate of drug-likeness (QED) is 0.619. The van der Waals surface area contributed by atoms with E-state index < -0.39 is 0 Å². The molecule has 56 valence electrons. The van der Waals surface area contributed by atoms with Gasteiger partial charge in [0, 0.05) is 29.6 Å². The molecule has 0 spiro atoms. The molecule has 0 fully saturated rings. The minimum absolute atomic E-state index is 0.938. The highest BCUT2D eigenvalue weighted by Gasteiger charge is 2.01. The number of hydrogen-bond donors (Lipinski definition) is 0. The topological polar surface area (TPSA) is 26.0 Å². The molecule has 0 amide bonds. The van der Waals surface area contributed by atoms with Gasteiger partial charge in [-0.2, -0.15) is 0 Å². The van der Waals surface area contributed by atoms with Gasteiger partial charge >= 0.3 is 0 Å². The number of aryl methyl sites for hydroxylation is 1. The predicted octanol–water partition coefficient (Wildman–Crippen LogP) is 2.39. The Morgan fingerprint density at radius 1 is 1.55 bits per heavy atom. The first-order chi connectivity index (χ1) is 5.42. The van der Waals surface area contributed by atoms with E-state index in [1.54, 1.807) is 12.5 Å². The highest BCUT2D eigenvalue weighted by molar-refractivity contribution is 5.82. The molecule has 0 aromatic carbocycles. The van der Waals surface area contributed by atoms with Crippen LogP contribution in [0, 0.1) is 0 Å². The largest absolute Gasteiger partial charge is 0.468 e. The van der Waals surface area contributed by atoms with Gasteiger partial charge in [-0.25, -0.2) is 0 Å². The zero-order chi connectivity index (χ0) is 7.68. The number of rotatable bonds is 1. The number of pyridine rings is 1. The fraction of sp³-hybridized carbons (Fsp3) is 0.222. The molecular weight excluding hydrogens is 138 g/mol. The van der Waals surface area contributed by atoms with Crippen molar-refractivity contribution in [3.8, 4) is 0 Å². The second kappa shape index (κ2) is 2.38. The number of hydrogen-bond acceptors (Lipinski definition) is 2. The van der Waals surface area contributed by atoms with Crippen LogP contribution in [0.3, 0.4) is 0 Å². The van der Waals surface area contributed by atoms with Crippen molar-refractivity contribution < 1.29 is 4.42 Å². The maximum atomic E-state index is 5.32. The molecule has 0 saturated carbocycles. The molecule has 2 heteroatoms. The smallest absolute Gasteiger partial charge is 0.111 e. The third-order valence-electron chi connectivity index (χ3n) is 1.80. The van der Waals surface area contributed by atoms with E-state index in [1.165, 1.54) is 5.39 Å². The van der Waals surface area contributed by atoms with Gasteiger partial charge in [0.05, 0.1) is 0 Å². The summed E-state index contributed by atoms with van der Waals surface area (Å²) in [7, 11) is 0. The van der Waals surface area contributed by atoms with E-state index in [-0.39, 0.29) is 0 Å². The van der Waals surface area contributed by atoms with Gasteiger partial charge in [-0.15, -0.1) is 0 Å². The monoisotopic (exact) mass is 147 g/mol. The van der Waals surface area contributed by atoms with Gasteiger partial charge in [-0.05, 0) is 6.07 Å². The molecule has 0 aliphatic rings. The third-order valence-corrected chi connectivity index (χ3v) is 1.80. The van der Waals surface area contributed by atoms with E-state index in [2.05, 4.69) is 11.9 Å². The van der Waals surface area contributed by atoms with Crippen LogP contribution < -0.4 is 0 Å². The van der Waals surface area contributed by atoms with Crippen molar-refractivity contribution >= 4 is 10.8 Å². The molecule has 0 radical (unpaired) electrons. The molecule has 0 saturated heterocycles. The molecule has 0 unspecified atom stereocenters. The van der Waals surface area contributed by atoms with Gasteiger partial charge in [0.25, 0.3) is 0 Å². The summed E-state index contributed by atoms with van der Waals surface area (Å²) in [6.07, 6.45) is 6.30. The molecule has 11 heavy (non-hydrogen) atoms. The van der Waals surface area contributed by atoms with Crippen molar-refractivity contribution in [2.45, 2.75) is 13.3 Å². The van der Waals surface area contributed by atoms with Crippen LogP contribution in [0.25, 0.3) is 10.8 Å². The number of furan rings is 1. The predicted molar refractivity (Wildman–Crippen MR) is 43.4 cm³/mol. The number of nitrogens with zero attached hydrogens (tertiary/aromatic N) is 1. The Balaban J connectivity index is 2.76. The summed E-state index contributed by atoms with van der Waals surface area (Å²) in [6.45, 7) is 2.08. The lowest BCUT2D eigenvalue weighted by Crippen LogP contribution is -1.74. The maximum Gasteiger partial charge on any atom is 0.111 e. The standard InChI is InChI=1S/C9H9NO/c1-2-9-8-3-4-10-5-7(8)6-11-9/h3-6H,2H2,1H3. The van der Waals surface area contributed by atoms with E-state index in [4.69, 9.17) is 4.42 Å². The summed E-state index contributed by atoms with van der Waals surface area (Å²) in [6, 6.07) is 1.98. The van der Waals surface area contributed by atoms with Gasteiger partial charge in [0.15, 0.2) is 0 Å². The lowest BCUT2D eigenvalue weighted by Gasteiger charge is -1.88. The summed E-state index contributed by atoms with van der Waals surface area (Å²) >= 11 is 0. The Morgan fingerprint density at radius 3 is 3.27 bits per heavy atom. The maximum absolute atomic E-state index is 5.32. The highest BCUT2D eigenvalue weighted by Crippen LogP contribution is 2.19. The average molecular weight is 147 g/mol. The average Bonchev–Trinajstić information content (AvgIpc) is 2.47. The van der Waals surface area contributed by atoms with E-state index in [1.807, 2.05) is 12.3 Å². The van der Waals surface area contributed by atoms with Gasteiger partial charge < -0.3 is 4.42 Å². The molecule has 2 nitrogen and oxygen atoms in total. The lowest BCUT2D eigenvalue weighted by molar-refractivity contribution is 0.521. The van der Waals surface area contributed by atoms with Crippen molar-refractivity contribution in [3.63, 3.8) is 0 Å². The van der Waals surface area contributed by atoms with Gasteiger partial charge in [-0.3, -0.25) is 4.98 Å². The summed E-state index contributed by atoms with van der Waals surface area (Å²) in [5, 5.41) is 2.27. The third kappa shape index (κ3) is 0.909. The van der Waals surface area contributed by atoms with Crippen molar-refractivity contribution in [3.05, 3.63) is 30.5 Å². The molecule has 0 aliphatic carbocycles. The Bertz CT molecular complexity index is 364. The van der Waals surface area contributed by atoms with Crippen LogP contribution in [0.1, 0.15) is 12.7 Å². The van der Waals surface area contributed by atoms with E-state index in [0.717, 1.165) is 17.6 Å². The molecule has 0 bridgehead atoms. The van der Waals surface area contributed by atoms with Crippen LogP contribution >= 0.6 is 0 Å². The fourth-order valence-corrected chi connectivity index (χ4v) is 1.23. The molecule has 0 aliphatic heterocycles. The Hall–Kier alpha value is -1.31. The Kier molecular flexibility index (Phi) is 1.39. The summed E-state index contributed by atoms with van der Waals surface area (Å²) in [5.74, 6) is 1.04. The summed E-state index contributed by atoms with van der Waals surface area (Å²) in [4.78, 5) is 4.00. The van der Waals surface area contributed by atoms with Crippen molar-refractivity contribution in [1.82, 2.24) is 4.98 Å². The van der Waals surface area contributed by atoms with E-state index in [9.17, 15) is 0 Å². The second-order valence-electron chi connectivity index (χ2n) is 2.48. The molecule has 2 rings (SSSR count). The molecule has 2 aromatic rings. The first kappa shape index (κ1) is 6.40. The van der Waals surface area contributed by atoms with Gasteiger partial charge in [0.1, 0.15) is 12.0 Å². The summed E-state index contributed by atoms with van der Waals surface area (Å²) < 4.78 is 5.32. The first-order valence-electron chi connectivity index (χ1n) is 3.72. The summed E-state index contributed by atoms with van der Waals surface area (Å²) in [5.41, 5.74) is 0. The molecular formula is C9H9NO. The van der Waals surface area contributed by atoms with Crippen LogP contribution in [-0.4, -0.2) is 4.98 Å². The highest BCUT2D eigenvalue weighted by atomic mass is 16.3. The van der Waals surface area contributed by atoms with Crippen LogP contribution in [-0.2, 0) is 6.42 Å². The zero-order valence-electron chi connectivity index (χ0n) is 6.37. The molecule has 0 atom stereocenters. The van der Waals surface area contributed by atoms with Crippen molar-refractivity contribution in [2.75, 3.05) is 0 Å². The van der Waals surface area contributed by atoms with Crippen LogP contribution in [0.4, 0.5) is 0 Å². The van der Waals surface area contributed by atoms with Crippen LogP contribution in [0.2, 0.25) is 0 Å².